The van der Waals surface area contributed by atoms with E-state index in [-0.39, 0.29) is 17.4 Å². The van der Waals surface area contributed by atoms with Gasteiger partial charge in [0.25, 0.3) is 0 Å². The molecule has 0 heterocycles. The van der Waals surface area contributed by atoms with Crippen LogP contribution in [0.25, 0.3) is 0 Å². The minimum atomic E-state index is -1.76. The molecule has 0 spiro atoms. The van der Waals surface area contributed by atoms with Crippen LogP contribution in [0.15, 0.2) is 12.1 Å². The van der Waals surface area contributed by atoms with Gasteiger partial charge in [-0.3, -0.25) is 0 Å². The van der Waals surface area contributed by atoms with Gasteiger partial charge >= 0.3 is 179 Å². The molecular weight excluding hydrogens is 380 g/mol. The number of rotatable bonds is 14. The van der Waals surface area contributed by atoms with Gasteiger partial charge in [-0.25, -0.2) is 0 Å². The fraction of sp³-hybridized carbons (Fsp3) is 0.720. The number of carbonyl (C=O) groups is 1. The van der Waals surface area contributed by atoms with Crippen LogP contribution in [0.4, 0.5) is 10.1 Å². The van der Waals surface area contributed by atoms with Crippen molar-refractivity contribution in [1.29, 1.82) is 0 Å². The molecule has 1 aromatic carbocycles. The maximum absolute atomic E-state index is 13.7. The van der Waals surface area contributed by atoms with Crippen molar-refractivity contribution in [1.82, 2.24) is 0 Å². The quantitative estimate of drug-likeness (QED) is 0.304. The fourth-order valence-electron chi connectivity index (χ4n) is 4.81. The topological polar surface area (TPSA) is 29.1 Å². The molecule has 1 amide bonds. The summed E-state index contributed by atoms with van der Waals surface area (Å²) in [7, 11) is -1.76. The Morgan fingerprint density at radius 3 is 1.72 bits per heavy atom. The van der Waals surface area contributed by atoms with E-state index < -0.39 is 7.26 Å². The molecule has 0 fully saturated rings. The van der Waals surface area contributed by atoms with Gasteiger partial charge in [0.15, 0.2) is 0 Å². The maximum atomic E-state index is 13.7. The Kier molecular flexibility index (Phi) is 12.0. The van der Waals surface area contributed by atoms with E-state index in [4.69, 9.17) is 0 Å². The van der Waals surface area contributed by atoms with E-state index in [1.807, 2.05) is 13.8 Å². The SMILES string of the molecule is CCCC[PH](CCCC)(CCCC)C(CCC)C(=O)Nc1c(C)cc(F)cc1C. The van der Waals surface area contributed by atoms with Gasteiger partial charge in [0.2, 0.25) is 0 Å². The summed E-state index contributed by atoms with van der Waals surface area (Å²) in [6, 6.07) is 3.04. The fourth-order valence-corrected chi connectivity index (χ4v) is 11.3. The van der Waals surface area contributed by atoms with Crippen molar-refractivity contribution < 1.29 is 9.18 Å². The Morgan fingerprint density at radius 2 is 1.34 bits per heavy atom. The number of hydrogen-bond donors (Lipinski definition) is 1. The van der Waals surface area contributed by atoms with E-state index in [9.17, 15) is 9.18 Å². The Hall–Kier alpha value is -0.950. The molecule has 0 bridgehead atoms. The number of nitrogens with one attached hydrogen (secondary N) is 1. The molecule has 0 aliphatic rings. The summed E-state index contributed by atoms with van der Waals surface area (Å²) in [6.45, 7) is 12.8. The second-order valence-electron chi connectivity index (χ2n) is 8.92. The molecule has 4 heteroatoms. The Labute approximate surface area is 179 Å². The summed E-state index contributed by atoms with van der Waals surface area (Å²) in [5.41, 5.74) is 2.59. The van der Waals surface area contributed by atoms with E-state index in [0.717, 1.165) is 29.7 Å². The average molecular weight is 426 g/mol. The number of amides is 1. The van der Waals surface area contributed by atoms with Crippen LogP contribution in [0.2, 0.25) is 0 Å². The molecule has 0 aromatic heterocycles. The molecule has 1 aromatic rings. The first kappa shape index (κ1) is 26.1. The van der Waals surface area contributed by atoms with Crippen LogP contribution in [0.1, 0.15) is 90.2 Å². The van der Waals surface area contributed by atoms with Crippen molar-refractivity contribution in [3.8, 4) is 0 Å². The molecule has 168 valence electrons. The van der Waals surface area contributed by atoms with Crippen molar-refractivity contribution in [2.75, 3.05) is 23.8 Å². The number of benzene rings is 1. The van der Waals surface area contributed by atoms with Crippen LogP contribution >= 0.6 is 7.26 Å². The molecule has 2 nitrogen and oxygen atoms in total. The zero-order valence-corrected chi connectivity index (χ0v) is 20.8. The first-order valence-corrected chi connectivity index (χ1v) is 14.6. The van der Waals surface area contributed by atoms with E-state index in [2.05, 4.69) is 33.0 Å². The summed E-state index contributed by atoms with van der Waals surface area (Å²) in [5, 5.41) is 3.25. The van der Waals surface area contributed by atoms with E-state index in [1.165, 1.54) is 69.1 Å². The first-order chi connectivity index (χ1) is 13.8. The molecule has 1 unspecified atom stereocenters. The predicted molar refractivity (Wildman–Crippen MR) is 131 cm³/mol. The molecule has 1 N–H and O–H groups in total. The van der Waals surface area contributed by atoms with Crippen LogP contribution < -0.4 is 5.32 Å². The number of halogens is 1. The number of hydrogen-bond acceptors (Lipinski definition) is 1. The molecule has 0 saturated heterocycles. The van der Waals surface area contributed by atoms with Gasteiger partial charge in [0, 0.05) is 0 Å². The third-order valence-electron chi connectivity index (χ3n) is 6.46. The first-order valence-electron chi connectivity index (χ1n) is 11.9. The summed E-state index contributed by atoms with van der Waals surface area (Å²) in [6.07, 6.45) is 13.1. The monoisotopic (exact) mass is 425 g/mol. The van der Waals surface area contributed by atoms with Gasteiger partial charge in [-0.15, -0.1) is 0 Å². The summed E-state index contributed by atoms with van der Waals surface area (Å²) < 4.78 is 13.7. The van der Waals surface area contributed by atoms with Gasteiger partial charge in [0.05, 0.1) is 0 Å². The molecule has 0 radical (unpaired) electrons. The molecule has 0 saturated carbocycles. The normalized spacial score (nSPS) is 13.3. The van der Waals surface area contributed by atoms with Gasteiger partial charge < -0.3 is 0 Å². The third-order valence-corrected chi connectivity index (χ3v) is 12.5. The van der Waals surface area contributed by atoms with Gasteiger partial charge in [0.1, 0.15) is 0 Å². The standard InChI is InChI=1S/C25H45FNOP/c1-7-11-15-29(16-12-8-2,17-13-9-3)23(14-10-4)25(28)27-24-20(5)18-22(26)19-21(24)6/h18-19,23,29H,7-17H2,1-6H3,(H,27,28). The Morgan fingerprint density at radius 1 is 0.897 bits per heavy atom. The zero-order valence-electron chi connectivity index (χ0n) is 19.8. The van der Waals surface area contributed by atoms with Crippen LogP contribution in [0.3, 0.4) is 0 Å². The van der Waals surface area contributed by atoms with Crippen molar-refractivity contribution in [2.24, 2.45) is 0 Å². The van der Waals surface area contributed by atoms with E-state index >= 15 is 0 Å². The van der Waals surface area contributed by atoms with Crippen LogP contribution in [-0.4, -0.2) is 30.1 Å². The number of unbranched alkanes of at least 4 members (excludes halogenated alkanes) is 3. The van der Waals surface area contributed by atoms with Crippen molar-refractivity contribution in [3.63, 3.8) is 0 Å². The van der Waals surface area contributed by atoms with Crippen molar-refractivity contribution in [3.05, 3.63) is 29.1 Å². The van der Waals surface area contributed by atoms with E-state index in [0.29, 0.717) is 0 Å². The third kappa shape index (κ3) is 7.67. The molecular formula is C25H45FNOP. The molecule has 1 atom stereocenters. The number of aryl methyl sites for hydroxylation is 2. The van der Waals surface area contributed by atoms with Crippen LogP contribution in [0, 0.1) is 19.7 Å². The Balaban J connectivity index is 3.27. The molecule has 0 aliphatic heterocycles. The van der Waals surface area contributed by atoms with Gasteiger partial charge in [-0.1, -0.05) is 0 Å². The second-order valence-corrected chi connectivity index (χ2v) is 13.8. The van der Waals surface area contributed by atoms with Gasteiger partial charge in [-0.2, -0.15) is 0 Å². The number of anilines is 1. The van der Waals surface area contributed by atoms with Crippen molar-refractivity contribution >= 4 is 18.9 Å². The molecule has 1 rings (SSSR count). The second kappa shape index (κ2) is 13.4. The molecule has 0 aliphatic carbocycles. The minimum absolute atomic E-state index is 0.154. The summed E-state index contributed by atoms with van der Waals surface area (Å²) in [4.78, 5) is 13.7. The number of carbonyl (C=O) groups excluding carboxylic acids is 1. The van der Waals surface area contributed by atoms with Crippen molar-refractivity contribution in [2.45, 2.75) is 98.6 Å². The van der Waals surface area contributed by atoms with Crippen LogP contribution in [-0.2, 0) is 4.79 Å². The molecule has 29 heavy (non-hydrogen) atoms. The van der Waals surface area contributed by atoms with Crippen LogP contribution in [0.5, 0.6) is 0 Å². The average Bonchev–Trinajstić information content (AvgIpc) is 2.68. The van der Waals surface area contributed by atoms with E-state index in [1.54, 1.807) is 0 Å². The summed E-state index contributed by atoms with van der Waals surface area (Å²) in [5.74, 6) is -0.0414. The van der Waals surface area contributed by atoms with Gasteiger partial charge in [-0.05, 0) is 0 Å². The zero-order chi connectivity index (χ0) is 21.9. The Bertz CT molecular complexity index is 586. The summed E-state index contributed by atoms with van der Waals surface area (Å²) >= 11 is 0. The predicted octanol–water partition coefficient (Wildman–Crippen LogP) is 7.70.